The molecule has 6 nitrogen and oxygen atoms in total. The number of hydrogen-bond donors (Lipinski definition) is 3. The van der Waals surface area contributed by atoms with Crippen LogP contribution >= 0.6 is 11.3 Å². The van der Waals surface area contributed by atoms with Crippen molar-refractivity contribution in [2.24, 2.45) is 4.99 Å². The smallest absolute Gasteiger partial charge is 0.251 e. The first kappa shape index (κ1) is 18.9. The fourth-order valence-corrected chi connectivity index (χ4v) is 2.97. The van der Waals surface area contributed by atoms with Gasteiger partial charge in [0.2, 0.25) is 0 Å². The van der Waals surface area contributed by atoms with Crippen molar-refractivity contribution in [1.29, 1.82) is 0 Å². The summed E-state index contributed by atoms with van der Waals surface area (Å²) < 4.78 is 0. The van der Waals surface area contributed by atoms with Gasteiger partial charge in [-0.2, -0.15) is 0 Å². The molecule has 134 valence electrons. The lowest BCUT2D eigenvalue weighted by molar-refractivity contribution is 0.0955. The summed E-state index contributed by atoms with van der Waals surface area (Å²) in [5.41, 5.74) is 2.80. The Labute approximate surface area is 152 Å². The summed E-state index contributed by atoms with van der Waals surface area (Å²) in [4.78, 5) is 20.6. The number of rotatable bonds is 7. The molecule has 7 heteroatoms. The van der Waals surface area contributed by atoms with Crippen molar-refractivity contribution in [3.8, 4) is 0 Å². The summed E-state index contributed by atoms with van der Waals surface area (Å²) in [6.07, 6.45) is 0.859. The van der Waals surface area contributed by atoms with E-state index < -0.39 is 0 Å². The van der Waals surface area contributed by atoms with Crippen LogP contribution in [0.1, 0.15) is 33.5 Å². The molecule has 0 spiro atoms. The number of amides is 1. The van der Waals surface area contributed by atoms with Gasteiger partial charge >= 0.3 is 0 Å². The van der Waals surface area contributed by atoms with E-state index >= 15 is 0 Å². The van der Waals surface area contributed by atoms with Crippen molar-refractivity contribution < 1.29 is 4.79 Å². The molecule has 25 heavy (non-hydrogen) atoms. The summed E-state index contributed by atoms with van der Waals surface area (Å²) in [6.45, 7) is 5.91. The molecule has 1 aromatic heterocycles. The Morgan fingerprint density at radius 3 is 2.80 bits per heavy atom. The van der Waals surface area contributed by atoms with Gasteiger partial charge < -0.3 is 16.0 Å². The number of hydrogen-bond acceptors (Lipinski definition) is 4. The van der Waals surface area contributed by atoms with Crippen LogP contribution in [0.4, 0.5) is 0 Å². The highest BCUT2D eigenvalue weighted by Gasteiger charge is 2.05. The van der Waals surface area contributed by atoms with E-state index in [0.29, 0.717) is 18.7 Å². The van der Waals surface area contributed by atoms with Crippen LogP contribution in [0.5, 0.6) is 0 Å². The van der Waals surface area contributed by atoms with E-state index in [0.717, 1.165) is 35.2 Å². The highest BCUT2D eigenvalue weighted by molar-refractivity contribution is 7.09. The summed E-state index contributed by atoms with van der Waals surface area (Å²) in [5.74, 6) is 0.681. The molecule has 0 radical (unpaired) electrons. The molecule has 2 aromatic rings. The molecule has 1 aromatic carbocycles. The minimum absolute atomic E-state index is 0.0505. The number of aliphatic imine (C=N–C) groups is 1. The third kappa shape index (κ3) is 6.19. The molecule has 1 heterocycles. The van der Waals surface area contributed by atoms with Crippen LogP contribution in [0.2, 0.25) is 0 Å². The van der Waals surface area contributed by atoms with Crippen molar-refractivity contribution >= 4 is 23.2 Å². The highest BCUT2D eigenvalue weighted by Crippen LogP contribution is 2.08. The molecule has 0 unspecified atom stereocenters. The lowest BCUT2D eigenvalue weighted by atomic mass is 10.1. The zero-order valence-electron chi connectivity index (χ0n) is 14.9. The monoisotopic (exact) mass is 359 g/mol. The number of guanidine groups is 1. The molecule has 0 aliphatic rings. The largest absolute Gasteiger partial charge is 0.356 e. The third-order valence-corrected chi connectivity index (χ3v) is 4.37. The Morgan fingerprint density at radius 1 is 1.28 bits per heavy atom. The van der Waals surface area contributed by atoms with Crippen LogP contribution in [0.3, 0.4) is 0 Å². The third-order valence-electron chi connectivity index (χ3n) is 3.55. The van der Waals surface area contributed by atoms with Gasteiger partial charge in [-0.05, 0) is 31.5 Å². The highest BCUT2D eigenvalue weighted by atomic mass is 32.1. The van der Waals surface area contributed by atoms with Gasteiger partial charge in [0.1, 0.15) is 0 Å². The topological polar surface area (TPSA) is 78.4 Å². The zero-order valence-corrected chi connectivity index (χ0v) is 15.7. The van der Waals surface area contributed by atoms with Gasteiger partial charge in [-0.25, -0.2) is 4.98 Å². The van der Waals surface area contributed by atoms with Crippen LogP contribution in [0.15, 0.2) is 34.6 Å². The fourth-order valence-electron chi connectivity index (χ4n) is 2.32. The second-order valence-electron chi connectivity index (χ2n) is 5.52. The Hall–Kier alpha value is -2.41. The molecular formula is C18H25N5OS. The maximum Gasteiger partial charge on any atom is 0.251 e. The van der Waals surface area contributed by atoms with E-state index in [-0.39, 0.29) is 5.91 Å². The molecule has 0 fully saturated rings. The molecule has 0 aliphatic carbocycles. The van der Waals surface area contributed by atoms with Crippen LogP contribution in [0.25, 0.3) is 0 Å². The minimum atomic E-state index is -0.0505. The van der Waals surface area contributed by atoms with E-state index in [1.54, 1.807) is 18.4 Å². The van der Waals surface area contributed by atoms with Crippen LogP contribution in [0, 0.1) is 6.92 Å². The molecular weight excluding hydrogens is 334 g/mol. The quantitative estimate of drug-likeness (QED) is 0.523. The van der Waals surface area contributed by atoms with Gasteiger partial charge in [0.25, 0.3) is 5.91 Å². The van der Waals surface area contributed by atoms with E-state index in [1.165, 1.54) is 0 Å². The Balaban J connectivity index is 1.82. The number of nitrogens with zero attached hydrogens (tertiary/aromatic N) is 2. The predicted octanol–water partition coefficient (Wildman–Crippen LogP) is 2.11. The van der Waals surface area contributed by atoms with Crippen LogP contribution < -0.4 is 16.0 Å². The number of aromatic nitrogens is 1. The molecule has 2 rings (SSSR count). The number of aryl methyl sites for hydroxylation is 1. The first-order valence-corrected chi connectivity index (χ1v) is 9.23. The fraction of sp³-hybridized carbons (Fsp3) is 0.389. The van der Waals surface area contributed by atoms with Gasteiger partial charge in [-0.1, -0.05) is 12.1 Å². The first-order valence-electron chi connectivity index (χ1n) is 8.35. The lowest BCUT2D eigenvalue weighted by Gasteiger charge is -2.12. The summed E-state index contributed by atoms with van der Waals surface area (Å²) in [5, 5.41) is 12.5. The maximum atomic E-state index is 11.9. The molecule has 0 atom stereocenters. The van der Waals surface area contributed by atoms with Crippen molar-refractivity contribution in [3.05, 3.63) is 51.5 Å². The van der Waals surface area contributed by atoms with Crippen LogP contribution in [-0.4, -0.2) is 37.0 Å². The van der Waals surface area contributed by atoms with Crippen molar-refractivity contribution in [2.75, 3.05) is 20.1 Å². The predicted molar refractivity (Wildman–Crippen MR) is 103 cm³/mol. The Bertz CT molecular complexity index is 726. The normalized spacial score (nSPS) is 11.2. The summed E-state index contributed by atoms with van der Waals surface area (Å²) in [6, 6.07) is 7.59. The van der Waals surface area contributed by atoms with Gasteiger partial charge in [-0.3, -0.25) is 9.79 Å². The molecule has 0 saturated heterocycles. The lowest BCUT2D eigenvalue weighted by Crippen LogP contribution is -2.37. The molecule has 0 saturated carbocycles. The number of carbonyl (C=O) groups is 1. The number of nitrogens with one attached hydrogen (secondary N) is 3. The summed E-state index contributed by atoms with van der Waals surface area (Å²) in [7, 11) is 1.74. The van der Waals surface area contributed by atoms with E-state index in [9.17, 15) is 4.79 Å². The molecule has 0 aliphatic heterocycles. The second-order valence-corrected chi connectivity index (χ2v) is 6.58. The Kier molecular flexibility index (Phi) is 7.40. The number of thiazole rings is 1. The SMILES string of the molecule is CCNC(=O)c1cccc(CNC(=NC)NCCc2csc(C)n2)c1. The van der Waals surface area contributed by atoms with Crippen molar-refractivity contribution in [2.45, 2.75) is 26.8 Å². The second kappa shape index (κ2) is 9.78. The Morgan fingerprint density at radius 2 is 2.12 bits per heavy atom. The van der Waals surface area contributed by atoms with Gasteiger partial charge in [-0.15, -0.1) is 11.3 Å². The average molecular weight is 359 g/mol. The average Bonchev–Trinajstić information content (AvgIpc) is 3.03. The standard InChI is InChI=1S/C18H25N5OS/c1-4-20-17(24)15-7-5-6-14(10-15)11-22-18(19-3)21-9-8-16-12-25-13(2)23-16/h5-7,10,12H,4,8-9,11H2,1-3H3,(H,20,24)(H2,19,21,22). The first-order chi connectivity index (χ1) is 12.1. The maximum absolute atomic E-state index is 11.9. The van der Waals surface area contributed by atoms with E-state index in [1.807, 2.05) is 38.1 Å². The number of carbonyl (C=O) groups excluding carboxylic acids is 1. The zero-order chi connectivity index (χ0) is 18.1. The van der Waals surface area contributed by atoms with E-state index in [4.69, 9.17) is 0 Å². The molecule has 0 bridgehead atoms. The van der Waals surface area contributed by atoms with Crippen LogP contribution in [-0.2, 0) is 13.0 Å². The van der Waals surface area contributed by atoms with E-state index in [2.05, 4.69) is 31.3 Å². The molecule has 1 amide bonds. The van der Waals surface area contributed by atoms with Crippen molar-refractivity contribution in [3.63, 3.8) is 0 Å². The molecule has 3 N–H and O–H groups in total. The minimum Gasteiger partial charge on any atom is -0.356 e. The summed E-state index contributed by atoms with van der Waals surface area (Å²) >= 11 is 1.67. The van der Waals surface area contributed by atoms with Gasteiger partial charge in [0, 0.05) is 44.0 Å². The van der Waals surface area contributed by atoms with Gasteiger partial charge in [0.05, 0.1) is 10.7 Å². The number of benzene rings is 1. The van der Waals surface area contributed by atoms with Gasteiger partial charge in [0.15, 0.2) is 5.96 Å². The van der Waals surface area contributed by atoms with Crippen molar-refractivity contribution in [1.82, 2.24) is 20.9 Å².